The molecule has 5 nitrogen and oxygen atoms in total. The van der Waals surface area contributed by atoms with E-state index in [0.717, 1.165) is 0 Å². The molecule has 1 unspecified atom stereocenters. The Hall–Kier alpha value is -1.75. The van der Waals surface area contributed by atoms with Crippen LogP contribution in [-0.4, -0.2) is 18.6 Å². The average molecular weight is 256 g/mol. The summed E-state index contributed by atoms with van der Waals surface area (Å²) in [5.74, 6) is -0.0371. The van der Waals surface area contributed by atoms with Gasteiger partial charge in [0.15, 0.2) is 0 Å². The van der Waals surface area contributed by atoms with E-state index in [0.29, 0.717) is 22.9 Å². The minimum atomic E-state index is -0.997. The van der Waals surface area contributed by atoms with Crippen LogP contribution in [0.4, 0.5) is 4.79 Å². The van der Waals surface area contributed by atoms with Crippen molar-refractivity contribution in [1.82, 2.24) is 5.32 Å². The van der Waals surface area contributed by atoms with Crippen molar-refractivity contribution in [2.24, 2.45) is 0 Å². The van der Waals surface area contributed by atoms with E-state index in [-0.39, 0.29) is 0 Å². The van der Waals surface area contributed by atoms with Gasteiger partial charge in [0, 0.05) is 10.6 Å². The highest BCUT2D eigenvalue weighted by Gasteiger charge is 2.35. The molecule has 1 fully saturated rings. The molecule has 1 atom stereocenters. The zero-order valence-electron chi connectivity index (χ0n) is 9.03. The third-order valence-electron chi connectivity index (χ3n) is 2.24. The van der Waals surface area contributed by atoms with E-state index in [1.807, 2.05) is 6.92 Å². The largest absolute Gasteiger partial charge is 0.493 e. The van der Waals surface area contributed by atoms with Gasteiger partial charge in [0.2, 0.25) is 6.10 Å². The monoisotopic (exact) mass is 255 g/mol. The number of nitrogens with one attached hydrogen (secondary N) is 1. The molecule has 17 heavy (non-hydrogen) atoms. The summed E-state index contributed by atoms with van der Waals surface area (Å²) in [6.07, 6.45) is -1.76. The summed E-state index contributed by atoms with van der Waals surface area (Å²) in [5.41, 5.74) is 0.447. The molecule has 2 amide bonds. The predicted octanol–water partition coefficient (Wildman–Crippen LogP) is 2.05. The predicted molar refractivity (Wildman–Crippen MR) is 60.0 cm³/mol. The number of benzene rings is 1. The number of alkyl carbamates (subject to hydrolysis) is 1. The molecule has 0 bridgehead atoms. The second-order valence-electron chi connectivity index (χ2n) is 3.39. The number of carbonyl (C=O) groups excluding carboxylic acids is 2. The van der Waals surface area contributed by atoms with Gasteiger partial charge in [-0.05, 0) is 25.1 Å². The third-order valence-corrected chi connectivity index (χ3v) is 2.48. The summed E-state index contributed by atoms with van der Waals surface area (Å²) < 4.78 is 10.2. The van der Waals surface area contributed by atoms with Crippen molar-refractivity contribution in [2.75, 3.05) is 6.61 Å². The van der Waals surface area contributed by atoms with Crippen molar-refractivity contribution in [3.05, 3.63) is 28.8 Å². The molecule has 90 valence electrons. The van der Waals surface area contributed by atoms with E-state index in [4.69, 9.17) is 21.1 Å². The summed E-state index contributed by atoms with van der Waals surface area (Å²) in [7, 11) is 0. The number of amides is 2. The molecule has 0 aromatic heterocycles. The Morgan fingerprint density at radius 3 is 2.82 bits per heavy atom. The Balaban J connectivity index is 2.39. The van der Waals surface area contributed by atoms with E-state index in [1.54, 1.807) is 18.2 Å². The number of cyclic esters (lactones) is 1. The molecule has 0 spiro atoms. The molecule has 1 aliphatic heterocycles. The standard InChI is InChI=1S/C11H10ClNO4/c1-2-16-8-4-3-6(12)5-7(8)9-10(14)13-11(15)17-9/h3-5,9H,2H2,1H3,(H,13,14,15). The van der Waals surface area contributed by atoms with E-state index in [2.05, 4.69) is 5.32 Å². The van der Waals surface area contributed by atoms with Crippen LogP contribution in [0.2, 0.25) is 5.02 Å². The Kier molecular flexibility index (Phi) is 3.19. The van der Waals surface area contributed by atoms with Crippen LogP contribution in [0.15, 0.2) is 18.2 Å². The fraction of sp³-hybridized carbons (Fsp3) is 0.273. The van der Waals surface area contributed by atoms with Crippen LogP contribution in [0.5, 0.6) is 5.75 Å². The Bertz CT molecular complexity index is 475. The van der Waals surface area contributed by atoms with Crippen LogP contribution in [0.25, 0.3) is 0 Å². The number of imide groups is 1. The van der Waals surface area contributed by atoms with Crippen molar-refractivity contribution in [2.45, 2.75) is 13.0 Å². The lowest BCUT2D eigenvalue weighted by atomic mass is 10.1. The van der Waals surface area contributed by atoms with Gasteiger partial charge in [-0.3, -0.25) is 10.1 Å². The lowest BCUT2D eigenvalue weighted by Gasteiger charge is -2.13. The minimum Gasteiger partial charge on any atom is -0.493 e. The number of hydrogen-bond acceptors (Lipinski definition) is 4. The number of halogens is 1. The number of hydrogen-bond donors (Lipinski definition) is 1. The van der Waals surface area contributed by atoms with Crippen molar-refractivity contribution >= 4 is 23.6 Å². The first kappa shape index (κ1) is 11.7. The smallest absolute Gasteiger partial charge is 0.415 e. The zero-order chi connectivity index (χ0) is 12.4. The van der Waals surface area contributed by atoms with E-state index < -0.39 is 18.1 Å². The van der Waals surface area contributed by atoms with Crippen LogP contribution < -0.4 is 10.1 Å². The molecule has 1 aliphatic rings. The van der Waals surface area contributed by atoms with Gasteiger partial charge in [-0.25, -0.2) is 4.79 Å². The van der Waals surface area contributed by atoms with Gasteiger partial charge in [-0.1, -0.05) is 11.6 Å². The molecule has 1 N–H and O–H groups in total. The van der Waals surface area contributed by atoms with E-state index >= 15 is 0 Å². The molecular weight excluding hydrogens is 246 g/mol. The maximum atomic E-state index is 11.5. The van der Waals surface area contributed by atoms with Crippen LogP contribution in [0.3, 0.4) is 0 Å². The SMILES string of the molecule is CCOc1ccc(Cl)cc1C1OC(=O)NC1=O. The van der Waals surface area contributed by atoms with E-state index in [9.17, 15) is 9.59 Å². The van der Waals surface area contributed by atoms with Crippen LogP contribution >= 0.6 is 11.6 Å². The van der Waals surface area contributed by atoms with Crippen LogP contribution in [0.1, 0.15) is 18.6 Å². The lowest BCUT2D eigenvalue weighted by Crippen LogP contribution is -2.20. The van der Waals surface area contributed by atoms with E-state index in [1.165, 1.54) is 0 Å². The summed E-state index contributed by atoms with van der Waals surface area (Å²) >= 11 is 5.85. The van der Waals surface area contributed by atoms with Crippen molar-refractivity contribution < 1.29 is 19.1 Å². The Morgan fingerprint density at radius 1 is 1.47 bits per heavy atom. The number of ether oxygens (including phenoxy) is 2. The molecule has 0 aliphatic carbocycles. The molecule has 1 aromatic rings. The summed E-state index contributed by atoms with van der Waals surface area (Å²) in [4.78, 5) is 22.5. The molecular formula is C11H10ClNO4. The van der Waals surface area contributed by atoms with Gasteiger partial charge in [-0.15, -0.1) is 0 Å². The lowest BCUT2D eigenvalue weighted by molar-refractivity contribution is -0.123. The van der Waals surface area contributed by atoms with Gasteiger partial charge in [-0.2, -0.15) is 0 Å². The highest BCUT2D eigenvalue weighted by atomic mass is 35.5. The van der Waals surface area contributed by atoms with Crippen molar-refractivity contribution in [3.8, 4) is 5.75 Å². The Morgan fingerprint density at radius 2 is 2.24 bits per heavy atom. The molecule has 1 heterocycles. The van der Waals surface area contributed by atoms with Gasteiger partial charge >= 0.3 is 6.09 Å². The molecule has 2 rings (SSSR count). The van der Waals surface area contributed by atoms with Gasteiger partial charge in [0.1, 0.15) is 5.75 Å². The van der Waals surface area contributed by atoms with Crippen molar-refractivity contribution in [3.63, 3.8) is 0 Å². The van der Waals surface area contributed by atoms with Crippen molar-refractivity contribution in [1.29, 1.82) is 0 Å². The minimum absolute atomic E-state index is 0.441. The molecule has 1 aromatic carbocycles. The highest BCUT2D eigenvalue weighted by Crippen LogP contribution is 2.32. The molecule has 0 saturated carbocycles. The fourth-order valence-corrected chi connectivity index (χ4v) is 1.75. The third kappa shape index (κ3) is 2.34. The Labute approximate surface area is 103 Å². The number of carbonyl (C=O) groups is 2. The van der Waals surface area contributed by atoms with Gasteiger partial charge < -0.3 is 9.47 Å². The summed E-state index contributed by atoms with van der Waals surface area (Å²) in [5, 5.41) is 2.50. The first-order valence-corrected chi connectivity index (χ1v) is 5.43. The molecule has 0 radical (unpaired) electrons. The topological polar surface area (TPSA) is 64.6 Å². The maximum Gasteiger partial charge on any atom is 0.415 e. The zero-order valence-corrected chi connectivity index (χ0v) is 9.78. The summed E-state index contributed by atoms with van der Waals surface area (Å²) in [6.45, 7) is 2.26. The quantitative estimate of drug-likeness (QED) is 0.898. The van der Waals surface area contributed by atoms with Gasteiger partial charge in [0.25, 0.3) is 5.91 Å². The van der Waals surface area contributed by atoms with Gasteiger partial charge in [0.05, 0.1) is 6.61 Å². The second-order valence-corrected chi connectivity index (χ2v) is 3.83. The average Bonchev–Trinajstić information content (AvgIpc) is 2.61. The first-order valence-electron chi connectivity index (χ1n) is 5.05. The molecule has 6 heteroatoms. The van der Waals surface area contributed by atoms with Crippen LogP contribution in [-0.2, 0) is 9.53 Å². The summed E-state index contributed by atoms with van der Waals surface area (Å²) in [6, 6.07) is 4.83. The number of rotatable bonds is 3. The second kappa shape index (κ2) is 4.63. The normalized spacial score (nSPS) is 18.8. The fourth-order valence-electron chi connectivity index (χ4n) is 1.57. The highest BCUT2D eigenvalue weighted by molar-refractivity contribution is 6.30. The first-order chi connectivity index (χ1) is 8.11. The maximum absolute atomic E-state index is 11.5. The van der Waals surface area contributed by atoms with Crippen LogP contribution in [0, 0.1) is 0 Å². The molecule has 1 saturated heterocycles.